The van der Waals surface area contributed by atoms with Crippen LogP contribution in [0.2, 0.25) is 10.0 Å². The van der Waals surface area contributed by atoms with E-state index in [1.165, 1.54) is 12.3 Å². The largest absolute Gasteiger partial charge is 0.368 e. The molecular weight excluding hydrogens is 427 g/mol. The van der Waals surface area contributed by atoms with Crippen molar-refractivity contribution in [3.63, 3.8) is 0 Å². The van der Waals surface area contributed by atoms with Gasteiger partial charge < -0.3 is 10.2 Å². The van der Waals surface area contributed by atoms with Crippen LogP contribution in [0.5, 0.6) is 0 Å². The van der Waals surface area contributed by atoms with Gasteiger partial charge in [0.2, 0.25) is 5.91 Å². The Bertz CT molecular complexity index is 912. The van der Waals surface area contributed by atoms with Gasteiger partial charge in [-0.2, -0.15) is 5.10 Å². The Morgan fingerprint density at radius 1 is 1.10 bits per heavy atom. The van der Waals surface area contributed by atoms with E-state index >= 15 is 0 Å². The molecule has 29 heavy (non-hydrogen) atoms. The normalized spacial score (nSPS) is 15.0. The molecule has 0 radical (unpaired) electrons. The minimum Gasteiger partial charge on any atom is -0.368 e. The average molecular weight is 446 g/mol. The predicted molar refractivity (Wildman–Crippen MR) is 108 cm³/mol. The fraction of sp³-hybridized carbons (Fsp3) is 0.389. The van der Waals surface area contributed by atoms with Crippen molar-refractivity contribution in [2.75, 3.05) is 42.9 Å². The van der Waals surface area contributed by atoms with Gasteiger partial charge in [0, 0.05) is 48.0 Å². The number of carbonyl (C=O) groups excluding carboxylic acids is 1. The lowest BCUT2D eigenvalue weighted by Crippen LogP contribution is -2.49. The summed E-state index contributed by atoms with van der Waals surface area (Å²) in [6, 6.07) is 6.12. The van der Waals surface area contributed by atoms with Gasteiger partial charge in [-0.25, -0.2) is 13.5 Å². The van der Waals surface area contributed by atoms with Gasteiger partial charge in [-0.05, 0) is 18.2 Å². The third kappa shape index (κ3) is 6.12. The summed E-state index contributed by atoms with van der Waals surface area (Å²) in [5.74, 6) is -0.187. The standard InChI is InChI=1S/C18H19Cl2F2N5O2/c19-12-5-13(20)7-14(6-12)24-17(28)11-25-1-3-26(4-2-25)15-8-18(29)27(23-9-15)10-16(21)22/h5-9,16H,1-4,10-11H2,(H,24,28). The number of rotatable bonds is 6. The van der Waals surface area contributed by atoms with Gasteiger partial charge in [0.15, 0.2) is 0 Å². The molecule has 1 aromatic carbocycles. The highest BCUT2D eigenvalue weighted by Gasteiger charge is 2.20. The number of nitrogens with one attached hydrogen (secondary N) is 1. The van der Waals surface area contributed by atoms with Crippen LogP contribution in [0.4, 0.5) is 20.2 Å². The second kappa shape index (κ2) is 9.51. The predicted octanol–water partition coefficient (Wildman–Crippen LogP) is 2.58. The number of piperazine rings is 1. The van der Waals surface area contributed by atoms with Crippen LogP contribution in [-0.2, 0) is 11.3 Å². The summed E-state index contributed by atoms with van der Waals surface area (Å²) >= 11 is 11.9. The van der Waals surface area contributed by atoms with Gasteiger partial charge in [0.1, 0.15) is 6.54 Å². The molecule has 1 saturated heterocycles. The highest BCUT2D eigenvalue weighted by molar-refractivity contribution is 6.35. The van der Waals surface area contributed by atoms with E-state index < -0.39 is 18.5 Å². The third-order valence-corrected chi connectivity index (χ3v) is 4.85. The molecule has 0 bridgehead atoms. The van der Waals surface area contributed by atoms with Crippen LogP contribution in [0.25, 0.3) is 0 Å². The second-order valence-electron chi connectivity index (χ2n) is 6.59. The number of anilines is 2. The molecule has 1 aromatic heterocycles. The number of hydrogen-bond acceptors (Lipinski definition) is 5. The number of benzene rings is 1. The monoisotopic (exact) mass is 445 g/mol. The van der Waals surface area contributed by atoms with Gasteiger partial charge in [-0.1, -0.05) is 23.2 Å². The molecule has 0 aliphatic carbocycles. The van der Waals surface area contributed by atoms with Gasteiger partial charge >= 0.3 is 0 Å². The van der Waals surface area contributed by atoms with Crippen LogP contribution in [0.3, 0.4) is 0 Å². The molecule has 2 heterocycles. The fourth-order valence-electron chi connectivity index (χ4n) is 3.06. The molecule has 1 aliphatic heterocycles. The van der Waals surface area contributed by atoms with Crippen LogP contribution in [0.15, 0.2) is 35.3 Å². The molecule has 156 valence electrons. The molecule has 3 rings (SSSR count). The first-order valence-corrected chi connectivity index (χ1v) is 9.64. The molecule has 11 heteroatoms. The topological polar surface area (TPSA) is 70.5 Å². The van der Waals surface area contributed by atoms with Crippen LogP contribution in [0, 0.1) is 0 Å². The Morgan fingerprint density at radius 3 is 2.34 bits per heavy atom. The molecule has 2 aromatic rings. The lowest BCUT2D eigenvalue weighted by atomic mass is 10.2. The summed E-state index contributed by atoms with van der Waals surface area (Å²) in [4.78, 5) is 28.1. The van der Waals surface area contributed by atoms with E-state index in [-0.39, 0.29) is 12.5 Å². The molecule has 1 aliphatic rings. The summed E-state index contributed by atoms with van der Waals surface area (Å²) in [6.45, 7) is 1.84. The third-order valence-electron chi connectivity index (χ3n) is 4.42. The Balaban J connectivity index is 1.52. The van der Waals surface area contributed by atoms with Gasteiger partial charge in [-0.15, -0.1) is 0 Å². The minimum atomic E-state index is -2.64. The van der Waals surface area contributed by atoms with Crippen molar-refractivity contribution < 1.29 is 13.6 Å². The number of halogens is 4. The van der Waals surface area contributed by atoms with E-state index in [2.05, 4.69) is 10.4 Å². The molecule has 0 spiro atoms. The first kappa shape index (κ1) is 21.5. The van der Waals surface area contributed by atoms with E-state index in [1.54, 1.807) is 18.2 Å². The van der Waals surface area contributed by atoms with E-state index in [0.717, 1.165) is 4.68 Å². The summed E-state index contributed by atoms with van der Waals surface area (Å²) in [5, 5.41) is 7.44. The molecule has 7 nitrogen and oxygen atoms in total. The molecular formula is C18H19Cl2F2N5O2. The van der Waals surface area contributed by atoms with E-state index in [9.17, 15) is 18.4 Å². The molecule has 1 amide bonds. The summed E-state index contributed by atoms with van der Waals surface area (Å²) in [5.41, 5.74) is 0.546. The molecule has 0 unspecified atom stereocenters. The van der Waals surface area contributed by atoms with E-state index in [0.29, 0.717) is 47.6 Å². The van der Waals surface area contributed by atoms with Crippen molar-refractivity contribution in [2.24, 2.45) is 0 Å². The smallest absolute Gasteiger partial charge is 0.269 e. The maximum Gasteiger partial charge on any atom is 0.269 e. The van der Waals surface area contributed by atoms with Crippen molar-refractivity contribution in [2.45, 2.75) is 13.0 Å². The van der Waals surface area contributed by atoms with Crippen molar-refractivity contribution in [1.29, 1.82) is 0 Å². The lowest BCUT2D eigenvalue weighted by molar-refractivity contribution is -0.117. The Labute approximate surface area is 175 Å². The Hall–Kier alpha value is -2.23. The van der Waals surface area contributed by atoms with Crippen molar-refractivity contribution >= 4 is 40.5 Å². The zero-order chi connectivity index (χ0) is 21.0. The highest BCUT2D eigenvalue weighted by atomic mass is 35.5. The zero-order valence-electron chi connectivity index (χ0n) is 15.3. The fourth-order valence-corrected chi connectivity index (χ4v) is 3.58. The van der Waals surface area contributed by atoms with Gasteiger partial charge in [0.25, 0.3) is 12.0 Å². The van der Waals surface area contributed by atoms with Crippen LogP contribution >= 0.6 is 23.2 Å². The lowest BCUT2D eigenvalue weighted by Gasteiger charge is -2.35. The Morgan fingerprint density at radius 2 is 1.76 bits per heavy atom. The second-order valence-corrected chi connectivity index (χ2v) is 7.47. The van der Waals surface area contributed by atoms with Crippen LogP contribution in [-0.4, -0.2) is 59.7 Å². The number of amides is 1. The molecule has 0 saturated carbocycles. The van der Waals surface area contributed by atoms with Gasteiger partial charge in [0.05, 0.1) is 18.4 Å². The van der Waals surface area contributed by atoms with E-state index in [1.807, 2.05) is 9.80 Å². The van der Waals surface area contributed by atoms with Gasteiger partial charge in [-0.3, -0.25) is 14.5 Å². The number of hydrogen-bond donors (Lipinski definition) is 1. The Kier molecular flexibility index (Phi) is 7.05. The maximum absolute atomic E-state index is 12.4. The number of nitrogens with zero attached hydrogens (tertiary/aromatic N) is 4. The average Bonchev–Trinajstić information content (AvgIpc) is 2.63. The molecule has 1 fully saturated rings. The van der Waals surface area contributed by atoms with Crippen LogP contribution < -0.4 is 15.8 Å². The van der Waals surface area contributed by atoms with Crippen molar-refractivity contribution in [3.05, 3.63) is 50.9 Å². The maximum atomic E-state index is 12.4. The first-order valence-electron chi connectivity index (χ1n) is 8.89. The minimum absolute atomic E-state index is 0.187. The van der Waals surface area contributed by atoms with E-state index in [4.69, 9.17) is 23.2 Å². The summed E-state index contributed by atoms with van der Waals surface area (Å²) < 4.78 is 25.6. The first-order chi connectivity index (χ1) is 13.8. The van der Waals surface area contributed by atoms with Crippen molar-refractivity contribution in [3.8, 4) is 0 Å². The van der Waals surface area contributed by atoms with Crippen molar-refractivity contribution in [1.82, 2.24) is 14.7 Å². The molecule has 0 atom stereocenters. The van der Waals surface area contributed by atoms with Crippen LogP contribution in [0.1, 0.15) is 0 Å². The summed E-state index contributed by atoms with van der Waals surface area (Å²) in [7, 11) is 0. The summed E-state index contributed by atoms with van der Waals surface area (Å²) in [6.07, 6.45) is -1.22. The number of alkyl halides is 2. The zero-order valence-corrected chi connectivity index (χ0v) is 16.8. The SMILES string of the molecule is O=C(CN1CCN(c2cnn(CC(F)F)c(=O)c2)CC1)Nc1cc(Cl)cc(Cl)c1. The highest BCUT2D eigenvalue weighted by Crippen LogP contribution is 2.22. The number of carbonyl (C=O) groups is 1. The molecule has 1 N–H and O–H groups in total. The quantitative estimate of drug-likeness (QED) is 0.739. The number of aromatic nitrogens is 2.